The lowest BCUT2D eigenvalue weighted by atomic mass is 9.94. The smallest absolute Gasteiger partial charge is 0.243 e. The average Bonchev–Trinajstić information content (AvgIpc) is 3.58. The summed E-state index contributed by atoms with van der Waals surface area (Å²) < 4.78 is 6.35. The lowest BCUT2D eigenvalue weighted by molar-refractivity contribution is -0.142. The first kappa shape index (κ1) is 33.0. The van der Waals surface area contributed by atoms with Crippen molar-refractivity contribution >= 4 is 23.2 Å². The van der Waals surface area contributed by atoms with Gasteiger partial charge in [0.2, 0.25) is 11.8 Å². The highest BCUT2D eigenvalue weighted by atomic mass is 32.1. The number of nitrogens with one attached hydrogen (secondary N) is 1. The number of benzene rings is 1. The minimum Gasteiger partial charge on any atom is -0.493 e. The molecule has 8 nitrogen and oxygen atoms in total. The molecule has 2 N–H and O–H groups in total. The molecule has 3 unspecified atom stereocenters. The van der Waals surface area contributed by atoms with Gasteiger partial charge >= 0.3 is 0 Å². The number of amides is 2. The van der Waals surface area contributed by atoms with Crippen LogP contribution in [0.25, 0.3) is 10.4 Å². The molecule has 1 aromatic heterocycles. The molecule has 2 amide bonds. The van der Waals surface area contributed by atoms with Crippen molar-refractivity contribution in [1.82, 2.24) is 20.1 Å². The van der Waals surface area contributed by atoms with Gasteiger partial charge in [-0.1, -0.05) is 46.8 Å². The van der Waals surface area contributed by atoms with Gasteiger partial charge in [-0.15, -0.1) is 11.3 Å². The largest absolute Gasteiger partial charge is 0.493 e. The third kappa shape index (κ3) is 8.75. The molecule has 2 aromatic rings. The summed E-state index contributed by atoms with van der Waals surface area (Å²) in [5, 5.41) is 13.3. The van der Waals surface area contributed by atoms with Crippen LogP contribution in [0.5, 0.6) is 5.75 Å². The topological polar surface area (TPSA) is 95.0 Å². The van der Waals surface area contributed by atoms with Crippen molar-refractivity contribution < 1.29 is 19.4 Å². The van der Waals surface area contributed by atoms with Crippen LogP contribution in [0, 0.1) is 24.7 Å². The zero-order chi connectivity index (χ0) is 30.1. The lowest BCUT2D eigenvalue weighted by Crippen LogP contribution is -2.48. The predicted molar refractivity (Wildman–Crippen MR) is 166 cm³/mol. The van der Waals surface area contributed by atoms with E-state index < -0.39 is 12.1 Å². The molecule has 0 aliphatic carbocycles. The molecular formula is C32H50N4O4S. The number of ether oxygens (including phenoxy) is 1. The number of thiazole rings is 1. The van der Waals surface area contributed by atoms with E-state index in [9.17, 15) is 14.7 Å². The second-order valence-electron chi connectivity index (χ2n) is 11.6. The van der Waals surface area contributed by atoms with Gasteiger partial charge in [0.1, 0.15) is 11.8 Å². The number of carbonyl (C=O) groups is 2. The standard InChI is InChI=1S/C30H44N4O4S.C2H6/c1-19(2)20(3)30(37)34-17-25(35)15-26(34)29(36)31-16-24-7-6-23(28-21(4)32-18-39-28)14-27(24)38-13-10-22-8-11-33(5)12-9-22;1-2/h6-7,14,18-20,22,25-26,35H,8-13,15-17H2,1-5H3,(H,31,36);1-2H3. The third-order valence-corrected chi connectivity index (χ3v) is 9.38. The maximum Gasteiger partial charge on any atom is 0.243 e. The van der Waals surface area contributed by atoms with Gasteiger partial charge in [-0.2, -0.15) is 0 Å². The molecule has 0 saturated carbocycles. The highest BCUT2D eigenvalue weighted by molar-refractivity contribution is 7.13. The van der Waals surface area contributed by atoms with Crippen molar-refractivity contribution in [2.24, 2.45) is 17.8 Å². The molecule has 0 spiro atoms. The Bertz CT molecular complexity index is 1130. The molecule has 2 aliphatic rings. The normalized spacial score (nSPS) is 20.5. The number of hydrogen-bond donors (Lipinski definition) is 2. The molecule has 9 heteroatoms. The van der Waals surface area contributed by atoms with Crippen LogP contribution in [0.1, 0.15) is 71.6 Å². The Kier molecular flexibility index (Phi) is 12.6. The fourth-order valence-electron chi connectivity index (χ4n) is 5.39. The maximum absolute atomic E-state index is 13.3. The van der Waals surface area contributed by atoms with Crippen LogP contribution in [-0.2, 0) is 16.1 Å². The Hall–Kier alpha value is -2.49. The number of rotatable bonds is 10. The van der Waals surface area contributed by atoms with E-state index in [1.54, 1.807) is 16.2 Å². The molecule has 2 aliphatic heterocycles. The summed E-state index contributed by atoms with van der Waals surface area (Å²) in [6, 6.07) is 5.44. The first-order chi connectivity index (χ1) is 19.6. The molecular weight excluding hydrogens is 536 g/mol. The predicted octanol–water partition coefficient (Wildman–Crippen LogP) is 5.13. The van der Waals surface area contributed by atoms with Crippen molar-refractivity contribution in [3.05, 3.63) is 35.0 Å². The molecule has 228 valence electrons. The Morgan fingerprint density at radius 1 is 1.20 bits per heavy atom. The Morgan fingerprint density at radius 3 is 2.54 bits per heavy atom. The fourth-order valence-corrected chi connectivity index (χ4v) is 6.20. The van der Waals surface area contributed by atoms with Crippen molar-refractivity contribution in [3.8, 4) is 16.2 Å². The molecule has 1 aromatic carbocycles. The molecule has 0 bridgehead atoms. The van der Waals surface area contributed by atoms with E-state index in [1.165, 1.54) is 12.8 Å². The Balaban J connectivity index is 0.00000226. The molecule has 0 radical (unpaired) electrons. The number of hydrogen-bond acceptors (Lipinski definition) is 7. The first-order valence-corrected chi connectivity index (χ1v) is 16.1. The number of likely N-dealkylation sites (tertiary alicyclic amines) is 2. The minimum atomic E-state index is -0.690. The van der Waals surface area contributed by atoms with Gasteiger partial charge in [0, 0.05) is 31.0 Å². The van der Waals surface area contributed by atoms with Crippen LogP contribution in [0.15, 0.2) is 23.7 Å². The van der Waals surface area contributed by atoms with Gasteiger partial charge in [0.25, 0.3) is 0 Å². The van der Waals surface area contributed by atoms with Crippen LogP contribution in [0.3, 0.4) is 0 Å². The van der Waals surface area contributed by atoms with Gasteiger partial charge in [-0.3, -0.25) is 9.59 Å². The van der Waals surface area contributed by atoms with Crippen LogP contribution < -0.4 is 10.1 Å². The molecule has 3 atom stereocenters. The molecule has 41 heavy (non-hydrogen) atoms. The van der Waals surface area contributed by atoms with Gasteiger partial charge in [-0.25, -0.2) is 4.98 Å². The Labute approximate surface area is 250 Å². The quantitative estimate of drug-likeness (QED) is 0.401. The number of carbonyl (C=O) groups excluding carboxylic acids is 2. The summed E-state index contributed by atoms with van der Waals surface area (Å²) in [5.41, 5.74) is 4.78. The average molecular weight is 587 g/mol. The molecule has 2 fully saturated rings. The van der Waals surface area contributed by atoms with Crippen LogP contribution in [-0.4, -0.2) is 77.1 Å². The summed E-state index contributed by atoms with van der Waals surface area (Å²) in [4.78, 5) is 35.7. The zero-order valence-electron chi connectivity index (χ0n) is 26.0. The van der Waals surface area contributed by atoms with E-state index in [-0.39, 0.29) is 36.6 Å². The zero-order valence-corrected chi connectivity index (χ0v) is 26.8. The number of aromatic nitrogens is 1. The molecule has 3 heterocycles. The van der Waals surface area contributed by atoms with Gasteiger partial charge in [0.05, 0.1) is 28.8 Å². The van der Waals surface area contributed by atoms with Gasteiger partial charge < -0.3 is 25.0 Å². The number of piperidine rings is 1. The SMILES string of the molecule is CC.Cc1ncsc1-c1ccc(CNC(=O)C2CC(O)CN2C(=O)C(C)C(C)C)c(OCCC2CCN(C)CC2)c1. The highest BCUT2D eigenvalue weighted by Gasteiger charge is 2.40. The van der Waals surface area contributed by atoms with Crippen LogP contribution in [0.4, 0.5) is 0 Å². The Morgan fingerprint density at radius 2 is 1.90 bits per heavy atom. The van der Waals surface area contributed by atoms with Crippen molar-refractivity contribution in [1.29, 1.82) is 0 Å². The van der Waals surface area contributed by atoms with Crippen molar-refractivity contribution in [3.63, 3.8) is 0 Å². The second-order valence-corrected chi connectivity index (χ2v) is 12.5. The van der Waals surface area contributed by atoms with Gasteiger partial charge in [0.15, 0.2) is 0 Å². The van der Waals surface area contributed by atoms with E-state index in [2.05, 4.69) is 28.3 Å². The molecule has 2 saturated heterocycles. The maximum atomic E-state index is 13.3. The number of aliphatic hydroxyl groups is 1. The number of aliphatic hydroxyl groups excluding tert-OH is 1. The van der Waals surface area contributed by atoms with E-state index in [0.29, 0.717) is 19.1 Å². The van der Waals surface area contributed by atoms with Crippen molar-refractivity contribution in [2.75, 3.05) is 33.3 Å². The fraction of sp³-hybridized carbons (Fsp3) is 0.656. The minimum absolute atomic E-state index is 0.0797. The lowest BCUT2D eigenvalue weighted by Gasteiger charge is -2.29. The monoisotopic (exact) mass is 586 g/mol. The van der Waals surface area contributed by atoms with E-state index in [0.717, 1.165) is 47.0 Å². The third-order valence-electron chi connectivity index (χ3n) is 8.40. The summed E-state index contributed by atoms with van der Waals surface area (Å²) >= 11 is 1.60. The summed E-state index contributed by atoms with van der Waals surface area (Å²) in [6.45, 7) is 15.3. The number of β-amino-alcohol motifs (C(OH)–C–C–N with tert-alkyl or cyclic N) is 1. The van der Waals surface area contributed by atoms with E-state index >= 15 is 0 Å². The number of aryl methyl sites for hydroxylation is 1. The van der Waals surface area contributed by atoms with Gasteiger partial charge in [-0.05, 0) is 69.8 Å². The van der Waals surface area contributed by atoms with Crippen molar-refractivity contribution in [2.45, 2.75) is 85.9 Å². The second kappa shape index (κ2) is 15.7. The first-order valence-electron chi connectivity index (χ1n) is 15.2. The highest BCUT2D eigenvalue weighted by Crippen LogP contribution is 2.33. The summed E-state index contributed by atoms with van der Waals surface area (Å²) in [5.74, 6) is 1.06. The summed E-state index contributed by atoms with van der Waals surface area (Å²) in [7, 11) is 2.17. The van der Waals surface area contributed by atoms with E-state index in [4.69, 9.17) is 4.74 Å². The number of nitrogens with zero attached hydrogens (tertiary/aromatic N) is 3. The molecule has 4 rings (SSSR count). The van der Waals surface area contributed by atoms with Crippen LogP contribution in [0.2, 0.25) is 0 Å². The summed E-state index contributed by atoms with van der Waals surface area (Å²) in [6.07, 6.45) is 2.96. The van der Waals surface area contributed by atoms with Crippen LogP contribution >= 0.6 is 11.3 Å². The van der Waals surface area contributed by atoms with E-state index in [1.807, 2.05) is 59.2 Å².